The Morgan fingerprint density at radius 3 is 2.59 bits per heavy atom. The third kappa shape index (κ3) is 4.22. The number of amides is 1. The number of piperidine rings is 1. The Bertz CT molecular complexity index is 871. The van der Waals surface area contributed by atoms with Gasteiger partial charge in [-0.05, 0) is 37.0 Å². The molecule has 2 aromatic heterocycles. The highest BCUT2D eigenvalue weighted by Crippen LogP contribution is 2.28. The summed E-state index contributed by atoms with van der Waals surface area (Å²) >= 11 is 0. The fourth-order valence-electron chi connectivity index (χ4n) is 3.44. The minimum atomic E-state index is 0.222. The van der Waals surface area contributed by atoms with Gasteiger partial charge in [-0.25, -0.2) is 0 Å². The molecule has 1 saturated heterocycles. The van der Waals surface area contributed by atoms with Gasteiger partial charge in [0.25, 0.3) is 5.89 Å². The Balaban J connectivity index is 1.30. The lowest BCUT2D eigenvalue weighted by Crippen LogP contribution is -2.38. The third-order valence-electron chi connectivity index (χ3n) is 5.01. The molecule has 1 fully saturated rings. The standard InChI is InChI=1S/C21H22N4O2/c26-19(10-9-16-6-2-1-3-7-16)25-14-11-17(12-15-25)20-23-21(27-24-20)18-8-4-5-13-22-18/h1-8,13,17H,9-12,14-15H2. The van der Waals surface area contributed by atoms with Crippen LogP contribution < -0.4 is 0 Å². The smallest absolute Gasteiger partial charge is 0.276 e. The number of aryl methyl sites for hydroxylation is 1. The molecule has 0 atom stereocenters. The van der Waals surface area contributed by atoms with Crippen molar-refractivity contribution in [2.45, 2.75) is 31.6 Å². The molecule has 1 aliphatic rings. The first-order valence-electron chi connectivity index (χ1n) is 9.36. The summed E-state index contributed by atoms with van der Waals surface area (Å²) in [5.74, 6) is 1.61. The lowest BCUT2D eigenvalue weighted by molar-refractivity contribution is -0.132. The second kappa shape index (κ2) is 8.12. The van der Waals surface area contributed by atoms with E-state index in [-0.39, 0.29) is 11.8 Å². The average molecular weight is 362 g/mol. The Morgan fingerprint density at radius 1 is 1.07 bits per heavy atom. The van der Waals surface area contributed by atoms with Gasteiger partial charge < -0.3 is 9.42 Å². The second-order valence-electron chi connectivity index (χ2n) is 6.81. The van der Waals surface area contributed by atoms with Crippen molar-refractivity contribution in [1.82, 2.24) is 20.0 Å². The van der Waals surface area contributed by atoms with Crippen LogP contribution in [-0.2, 0) is 11.2 Å². The van der Waals surface area contributed by atoms with Crippen LogP contribution in [0.3, 0.4) is 0 Å². The second-order valence-corrected chi connectivity index (χ2v) is 6.81. The lowest BCUT2D eigenvalue weighted by Gasteiger charge is -2.30. The van der Waals surface area contributed by atoms with Gasteiger partial charge in [0.2, 0.25) is 5.91 Å². The third-order valence-corrected chi connectivity index (χ3v) is 5.01. The first-order chi connectivity index (χ1) is 13.3. The van der Waals surface area contributed by atoms with Crippen LogP contribution in [-0.4, -0.2) is 39.0 Å². The van der Waals surface area contributed by atoms with Crippen molar-refractivity contribution in [2.24, 2.45) is 0 Å². The van der Waals surface area contributed by atoms with E-state index in [2.05, 4.69) is 27.3 Å². The summed E-state index contributed by atoms with van der Waals surface area (Å²) in [5.41, 5.74) is 1.89. The maximum Gasteiger partial charge on any atom is 0.276 e. The van der Waals surface area contributed by atoms with Gasteiger partial charge in [-0.3, -0.25) is 9.78 Å². The maximum absolute atomic E-state index is 12.5. The molecule has 0 bridgehead atoms. The van der Waals surface area contributed by atoms with Crippen molar-refractivity contribution >= 4 is 5.91 Å². The number of carbonyl (C=O) groups is 1. The number of pyridine rings is 1. The van der Waals surface area contributed by atoms with Crippen molar-refractivity contribution in [3.05, 3.63) is 66.1 Å². The van der Waals surface area contributed by atoms with E-state index in [9.17, 15) is 4.79 Å². The molecule has 0 saturated carbocycles. The predicted octanol–water partition coefficient (Wildman–Crippen LogP) is 3.47. The van der Waals surface area contributed by atoms with Gasteiger partial charge in [-0.2, -0.15) is 4.98 Å². The molecular weight excluding hydrogens is 340 g/mol. The summed E-state index contributed by atoms with van der Waals surface area (Å²) < 4.78 is 5.36. The Labute approximate surface area is 158 Å². The molecule has 27 heavy (non-hydrogen) atoms. The fourth-order valence-corrected chi connectivity index (χ4v) is 3.44. The summed E-state index contributed by atoms with van der Waals surface area (Å²) in [5, 5.41) is 4.13. The highest BCUT2D eigenvalue weighted by molar-refractivity contribution is 5.76. The molecule has 0 spiro atoms. The molecule has 6 nitrogen and oxygen atoms in total. The average Bonchev–Trinajstić information content (AvgIpc) is 3.24. The monoisotopic (exact) mass is 362 g/mol. The van der Waals surface area contributed by atoms with E-state index in [1.807, 2.05) is 41.3 Å². The number of likely N-dealkylation sites (tertiary alicyclic amines) is 1. The molecule has 3 aromatic rings. The van der Waals surface area contributed by atoms with Gasteiger partial charge >= 0.3 is 0 Å². The Kier molecular flexibility index (Phi) is 5.23. The summed E-state index contributed by atoms with van der Waals surface area (Å²) in [4.78, 5) is 23.2. The highest BCUT2D eigenvalue weighted by Gasteiger charge is 2.27. The molecule has 6 heteroatoms. The summed E-state index contributed by atoms with van der Waals surface area (Å²) in [7, 11) is 0. The van der Waals surface area contributed by atoms with Crippen LogP contribution in [0.2, 0.25) is 0 Å². The van der Waals surface area contributed by atoms with Crippen LogP contribution in [0, 0.1) is 0 Å². The largest absolute Gasteiger partial charge is 0.343 e. The zero-order valence-electron chi connectivity index (χ0n) is 15.1. The SMILES string of the molecule is O=C(CCc1ccccc1)N1CCC(c2noc(-c3ccccn3)n2)CC1. The van der Waals surface area contributed by atoms with Gasteiger partial charge in [-0.15, -0.1) is 0 Å². The highest BCUT2D eigenvalue weighted by atomic mass is 16.5. The number of rotatable bonds is 5. The molecular formula is C21H22N4O2. The van der Waals surface area contributed by atoms with Crippen LogP contribution in [0.1, 0.15) is 36.6 Å². The van der Waals surface area contributed by atoms with E-state index in [4.69, 9.17) is 4.52 Å². The predicted molar refractivity (Wildman–Crippen MR) is 101 cm³/mol. The first-order valence-corrected chi connectivity index (χ1v) is 9.36. The van der Waals surface area contributed by atoms with Crippen molar-refractivity contribution in [2.75, 3.05) is 13.1 Å². The van der Waals surface area contributed by atoms with Crippen molar-refractivity contribution in [1.29, 1.82) is 0 Å². The van der Waals surface area contributed by atoms with Gasteiger partial charge in [0.15, 0.2) is 5.82 Å². The zero-order valence-corrected chi connectivity index (χ0v) is 15.1. The molecule has 3 heterocycles. The number of benzene rings is 1. The first kappa shape index (κ1) is 17.4. The van der Waals surface area contributed by atoms with E-state index in [1.165, 1.54) is 5.56 Å². The van der Waals surface area contributed by atoms with Gasteiger partial charge in [0.1, 0.15) is 5.69 Å². The van der Waals surface area contributed by atoms with Crippen LogP contribution in [0.15, 0.2) is 59.3 Å². The van der Waals surface area contributed by atoms with Crippen molar-refractivity contribution < 1.29 is 9.32 Å². The summed E-state index contributed by atoms with van der Waals surface area (Å²) in [6.07, 6.45) is 4.77. The Morgan fingerprint density at radius 2 is 1.85 bits per heavy atom. The molecule has 1 amide bonds. The number of hydrogen-bond acceptors (Lipinski definition) is 5. The number of hydrogen-bond donors (Lipinski definition) is 0. The quantitative estimate of drug-likeness (QED) is 0.695. The van der Waals surface area contributed by atoms with Crippen LogP contribution in [0.25, 0.3) is 11.6 Å². The molecule has 1 aliphatic heterocycles. The lowest BCUT2D eigenvalue weighted by atomic mass is 9.95. The number of nitrogens with zero attached hydrogens (tertiary/aromatic N) is 4. The van der Waals surface area contributed by atoms with Gasteiger partial charge in [0.05, 0.1) is 0 Å². The van der Waals surface area contributed by atoms with E-state index in [0.29, 0.717) is 23.8 Å². The van der Waals surface area contributed by atoms with E-state index in [1.54, 1.807) is 6.20 Å². The van der Waals surface area contributed by atoms with E-state index >= 15 is 0 Å². The summed E-state index contributed by atoms with van der Waals surface area (Å²) in [6, 6.07) is 15.7. The molecule has 0 N–H and O–H groups in total. The maximum atomic E-state index is 12.5. The van der Waals surface area contributed by atoms with E-state index in [0.717, 1.165) is 32.4 Å². The number of aromatic nitrogens is 3. The molecule has 0 aliphatic carbocycles. The summed E-state index contributed by atoms with van der Waals surface area (Å²) in [6.45, 7) is 1.48. The van der Waals surface area contributed by atoms with Crippen LogP contribution in [0.5, 0.6) is 0 Å². The fraction of sp³-hybridized carbons (Fsp3) is 0.333. The van der Waals surface area contributed by atoms with E-state index < -0.39 is 0 Å². The zero-order chi connectivity index (χ0) is 18.5. The normalized spacial score (nSPS) is 15.0. The van der Waals surface area contributed by atoms with Crippen molar-refractivity contribution in [3.63, 3.8) is 0 Å². The molecule has 4 rings (SSSR count). The Hall–Kier alpha value is -3.02. The van der Waals surface area contributed by atoms with Crippen molar-refractivity contribution in [3.8, 4) is 11.6 Å². The topological polar surface area (TPSA) is 72.1 Å². The molecule has 0 radical (unpaired) electrons. The minimum Gasteiger partial charge on any atom is -0.343 e. The van der Waals surface area contributed by atoms with Crippen LogP contribution in [0.4, 0.5) is 0 Å². The van der Waals surface area contributed by atoms with Gasteiger partial charge in [-0.1, -0.05) is 41.6 Å². The number of carbonyl (C=O) groups excluding carboxylic acids is 1. The molecule has 138 valence electrons. The van der Waals surface area contributed by atoms with Crippen LogP contribution >= 0.6 is 0 Å². The molecule has 1 aromatic carbocycles. The molecule has 0 unspecified atom stereocenters. The van der Waals surface area contributed by atoms with Gasteiger partial charge in [0, 0.05) is 31.6 Å². The minimum absolute atomic E-state index is 0.222.